The van der Waals surface area contributed by atoms with Crippen LogP contribution in [0.2, 0.25) is 5.02 Å². The fourth-order valence-electron chi connectivity index (χ4n) is 2.14. The second-order valence-electron chi connectivity index (χ2n) is 4.21. The first-order chi connectivity index (χ1) is 8.54. The van der Waals surface area contributed by atoms with Crippen molar-refractivity contribution in [2.45, 2.75) is 32.7 Å². The van der Waals surface area contributed by atoms with E-state index in [9.17, 15) is 4.39 Å². The van der Waals surface area contributed by atoms with Crippen LogP contribution in [0.1, 0.15) is 26.7 Å². The smallest absolute Gasteiger partial charge is 0.143 e. The normalized spacial score (nSPS) is 11.0. The van der Waals surface area contributed by atoms with Crippen molar-refractivity contribution in [3.63, 3.8) is 0 Å². The zero-order chi connectivity index (χ0) is 13.7. The highest BCUT2D eigenvalue weighted by atomic mass is 35.5. The molecule has 0 fully saturated rings. The predicted molar refractivity (Wildman–Crippen MR) is 74.6 cm³/mol. The Hall–Kier alpha value is -1.00. The lowest BCUT2D eigenvalue weighted by Crippen LogP contribution is -2.37. The molecule has 3 N–H and O–H groups in total. The molecule has 0 amide bonds. The lowest BCUT2D eigenvalue weighted by molar-refractivity contribution is 0.296. The van der Waals surface area contributed by atoms with Gasteiger partial charge < -0.3 is 15.7 Å². The van der Waals surface area contributed by atoms with Gasteiger partial charge in [0.25, 0.3) is 0 Å². The van der Waals surface area contributed by atoms with E-state index in [1.54, 1.807) is 0 Å². The molecule has 5 heteroatoms. The molecular weight excluding hydrogens is 255 g/mol. The summed E-state index contributed by atoms with van der Waals surface area (Å²) in [6.45, 7) is 4.61. The van der Waals surface area contributed by atoms with E-state index in [4.69, 9.17) is 22.4 Å². The first-order valence-corrected chi connectivity index (χ1v) is 6.54. The van der Waals surface area contributed by atoms with E-state index in [0.29, 0.717) is 17.9 Å². The van der Waals surface area contributed by atoms with Crippen LogP contribution in [0, 0.1) is 5.82 Å². The monoisotopic (exact) mass is 274 g/mol. The summed E-state index contributed by atoms with van der Waals surface area (Å²) < 4.78 is 13.3. The van der Waals surface area contributed by atoms with Gasteiger partial charge in [-0.15, -0.1) is 0 Å². The van der Waals surface area contributed by atoms with Crippen molar-refractivity contribution in [1.82, 2.24) is 0 Å². The van der Waals surface area contributed by atoms with Gasteiger partial charge in [0.15, 0.2) is 0 Å². The lowest BCUT2D eigenvalue weighted by Gasteiger charge is -2.33. The molecule has 0 spiro atoms. The highest BCUT2D eigenvalue weighted by molar-refractivity contribution is 6.31. The molecule has 0 saturated heterocycles. The Morgan fingerprint density at radius 1 is 1.39 bits per heavy atom. The summed E-state index contributed by atoms with van der Waals surface area (Å²) in [5, 5.41) is 9.21. The Bertz CT molecular complexity index is 397. The van der Waals surface area contributed by atoms with Crippen LogP contribution in [0.3, 0.4) is 0 Å². The number of benzene rings is 1. The van der Waals surface area contributed by atoms with Gasteiger partial charge in [0.2, 0.25) is 0 Å². The summed E-state index contributed by atoms with van der Waals surface area (Å²) in [5.41, 5.74) is 6.88. The van der Waals surface area contributed by atoms with Gasteiger partial charge in [0.05, 0.1) is 23.0 Å². The van der Waals surface area contributed by atoms with E-state index in [2.05, 4.69) is 13.8 Å². The molecule has 1 aromatic carbocycles. The van der Waals surface area contributed by atoms with Crippen molar-refractivity contribution in [3.8, 4) is 0 Å². The Morgan fingerprint density at radius 2 is 2.00 bits per heavy atom. The molecule has 102 valence electrons. The SMILES string of the molecule is CCC(CC)N(CCO)c1cc(Cl)c(F)cc1N. The minimum atomic E-state index is -0.522. The zero-order valence-electron chi connectivity index (χ0n) is 10.8. The molecule has 0 aliphatic heterocycles. The summed E-state index contributed by atoms with van der Waals surface area (Å²) in [6.07, 6.45) is 1.84. The number of anilines is 2. The van der Waals surface area contributed by atoms with E-state index in [1.807, 2.05) is 4.90 Å². The fourth-order valence-corrected chi connectivity index (χ4v) is 2.30. The van der Waals surface area contributed by atoms with Gasteiger partial charge in [-0.1, -0.05) is 25.4 Å². The van der Waals surface area contributed by atoms with Gasteiger partial charge in [-0.3, -0.25) is 0 Å². The molecule has 0 atom stereocenters. The van der Waals surface area contributed by atoms with Crippen molar-refractivity contribution in [2.24, 2.45) is 0 Å². The number of aliphatic hydroxyl groups excluding tert-OH is 1. The molecule has 0 aliphatic rings. The van der Waals surface area contributed by atoms with E-state index in [0.717, 1.165) is 12.8 Å². The lowest BCUT2D eigenvalue weighted by atomic mass is 10.1. The average Bonchev–Trinajstić information content (AvgIpc) is 2.34. The van der Waals surface area contributed by atoms with Crippen molar-refractivity contribution in [2.75, 3.05) is 23.8 Å². The topological polar surface area (TPSA) is 49.5 Å². The summed E-state index contributed by atoms with van der Waals surface area (Å²) >= 11 is 5.80. The maximum atomic E-state index is 13.3. The average molecular weight is 275 g/mol. The standard InChI is InChI=1S/C13H20ClFN2O/c1-3-9(4-2)17(5-6-18)13-7-10(14)11(15)8-12(13)16/h7-9,18H,3-6,16H2,1-2H3. The second kappa shape index (κ2) is 6.81. The van der Waals surface area contributed by atoms with Crippen molar-refractivity contribution in [3.05, 3.63) is 23.0 Å². The Kier molecular flexibility index (Phi) is 5.69. The van der Waals surface area contributed by atoms with E-state index >= 15 is 0 Å². The minimum absolute atomic E-state index is 0.0188. The predicted octanol–water partition coefficient (Wildman–Crippen LogP) is 3.05. The maximum absolute atomic E-state index is 13.3. The number of rotatable bonds is 6. The van der Waals surface area contributed by atoms with Crippen molar-refractivity contribution in [1.29, 1.82) is 0 Å². The van der Waals surface area contributed by atoms with Crippen LogP contribution in [0.5, 0.6) is 0 Å². The van der Waals surface area contributed by atoms with E-state index < -0.39 is 5.82 Å². The number of nitrogens with two attached hydrogens (primary N) is 1. The molecule has 0 saturated carbocycles. The molecule has 0 radical (unpaired) electrons. The van der Waals surface area contributed by atoms with E-state index in [1.165, 1.54) is 12.1 Å². The van der Waals surface area contributed by atoms with E-state index in [-0.39, 0.29) is 17.7 Å². The molecule has 1 rings (SSSR count). The summed E-state index contributed by atoms with van der Waals surface area (Å²) in [7, 11) is 0. The van der Waals surface area contributed by atoms with Gasteiger partial charge in [-0.25, -0.2) is 4.39 Å². The third kappa shape index (κ3) is 3.27. The molecule has 0 aliphatic carbocycles. The van der Waals surface area contributed by atoms with Crippen LogP contribution < -0.4 is 10.6 Å². The first-order valence-electron chi connectivity index (χ1n) is 6.17. The summed E-state index contributed by atoms with van der Waals surface area (Å²) in [6, 6.07) is 3.01. The fraction of sp³-hybridized carbons (Fsp3) is 0.538. The summed E-state index contributed by atoms with van der Waals surface area (Å²) in [5.74, 6) is -0.522. The highest BCUT2D eigenvalue weighted by Crippen LogP contribution is 2.31. The van der Waals surface area contributed by atoms with Gasteiger partial charge in [-0.05, 0) is 18.9 Å². The molecule has 0 heterocycles. The maximum Gasteiger partial charge on any atom is 0.143 e. The summed E-state index contributed by atoms with van der Waals surface area (Å²) in [4.78, 5) is 1.99. The molecule has 18 heavy (non-hydrogen) atoms. The third-order valence-corrected chi connectivity index (χ3v) is 3.39. The van der Waals surface area contributed by atoms with Crippen LogP contribution in [0.25, 0.3) is 0 Å². The van der Waals surface area contributed by atoms with Crippen LogP contribution in [-0.2, 0) is 0 Å². The van der Waals surface area contributed by atoms with Crippen LogP contribution in [0.4, 0.5) is 15.8 Å². The van der Waals surface area contributed by atoms with Crippen LogP contribution in [-0.4, -0.2) is 24.3 Å². The van der Waals surface area contributed by atoms with Crippen molar-refractivity contribution < 1.29 is 9.50 Å². The van der Waals surface area contributed by atoms with Crippen LogP contribution >= 0.6 is 11.6 Å². The molecular formula is C13H20ClFN2O. The first kappa shape index (κ1) is 15.1. The zero-order valence-corrected chi connectivity index (χ0v) is 11.5. The minimum Gasteiger partial charge on any atom is -0.397 e. The highest BCUT2D eigenvalue weighted by Gasteiger charge is 2.19. The van der Waals surface area contributed by atoms with Gasteiger partial charge in [0, 0.05) is 18.7 Å². The van der Waals surface area contributed by atoms with Gasteiger partial charge in [-0.2, -0.15) is 0 Å². The molecule has 1 aromatic rings. The third-order valence-electron chi connectivity index (χ3n) is 3.10. The quantitative estimate of drug-likeness (QED) is 0.784. The Balaban J connectivity index is 3.16. The number of nitrogen functional groups attached to an aromatic ring is 1. The van der Waals surface area contributed by atoms with Gasteiger partial charge in [0.1, 0.15) is 5.82 Å². The molecule has 0 unspecified atom stereocenters. The number of hydrogen-bond donors (Lipinski definition) is 2. The number of nitrogens with zero attached hydrogens (tertiary/aromatic N) is 1. The molecule has 0 bridgehead atoms. The molecule has 0 aromatic heterocycles. The van der Waals surface area contributed by atoms with Crippen LogP contribution in [0.15, 0.2) is 12.1 Å². The number of halogens is 2. The largest absolute Gasteiger partial charge is 0.397 e. The Labute approximate surface area is 112 Å². The van der Waals surface area contributed by atoms with Gasteiger partial charge >= 0.3 is 0 Å². The second-order valence-corrected chi connectivity index (χ2v) is 4.62. The number of hydrogen-bond acceptors (Lipinski definition) is 3. The molecule has 3 nitrogen and oxygen atoms in total. The van der Waals surface area contributed by atoms with Crippen molar-refractivity contribution >= 4 is 23.0 Å². The number of aliphatic hydroxyl groups is 1. The Morgan fingerprint density at radius 3 is 2.50 bits per heavy atom.